The number of halogens is 1. The van der Waals surface area contributed by atoms with E-state index in [2.05, 4.69) is 33.5 Å². The molecule has 0 unspecified atom stereocenters. The molecule has 6 heteroatoms. The first-order valence-electron chi connectivity index (χ1n) is 6.59. The van der Waals surface area contributed by atoms with E-state index in [1.807, 2.05) is 24.3 Å². The predicted molar refractivity (Wildman–Crippen MR) is 90.3 cm³/mol. The fourth-order valence-corrected chi connectivity index (χ4v) is 3.39. The Morgan fingerprint density at radius 3 is 2.81 bits per heavy atom. The number of methoxy groups -OCH3 is 1. The average Bonchev–Trinajstić information content (AvgIpc) is 2.87. The molecule has 0 aliphatic heterocycles. The molecule has 0 fully saturated rings. The Hall–Kier alpha value is -1.37. The van der Waals surface area contributed by atoms with Gasteiger partial charge in [-0.2, -0.15) is 0 Å². The summed E-state index contributed by atoms with van der Waals surface area (Å²) in [5, 5.41) is 6.22. The first kappa shape index (κ1) is 16.0. The molecule has 2 rings (SSSR count). The summed E-state index contributed by atoms with van der Waals surface area (Å²) in [5.41, 5.74) is 1.89. The van der Waals surface area contributed by atoms with Crippen LogP contribution in [0.25, 0.3) is 0 Å². The summed E-state index contributed by atoms with van der Waals surface area (Å²) in [7, 11) is 1.58. The first-order chi connectivity index (χ1) is 10.2. The number of anilines is 1. The van der Waals surface area contributed by atoms with Crippen molar-refractivity contribution in [2.24, 2.45) is 0 Å². The zero-order chi connectivity index (χ0) is 15.2. The minimum atomic E-state index is -0.132. The highest BCUT2D eigenvalue weighted by atomic mass is 79.9. The number of amides is 1. The number of ether oxygens (including phenoxy) is 1. The molecule has 2 N–H and O–H groups in total. The smallest absolute Gasteiger partial charge is 0.265 e. The Bertz CT molecular complexity index is 628. The van der Waals surface area contributed by atoms with E-state index in [4.69, 9.17) is 4.74 Å². The third kappa shape index (κ3) is 4.06. The minimum Gasteiger partial charge on any atom is -0.495 e. The van der Waals surface area contributed by atoms with Crippen molar-refractivity contribution in [2.75, 3.05) is 19.0 Å². The van der Waals surface area contributed by atoms with E-state index in [-0.39, 0.29) is 5.91 Å². The molecule has 0 atom stereocenters. The average molecular weight is 369 g/mol. The van der Waals surface area contributed by atoms with Crippen LogP contribution in [0.5, 0.6) is 5.75 Å². The molecule has 1 heterocycles. The van der Waals surface area contributed by atoms with Gasteiger partial charge in [0.25, 0.3) is 5.91 Å². The van der Waals surface area contributed by atoms with Crippen molar-refractivity contribution in [3.8, 4) is 5.75 Å². The van der Waals surface area contributed by atoms with Crippen molar-refractivity contribution in [1.82, 2.24) is 5.32 Å². The molecule has 0 bridgehead atoms. The van der Waals surface area contributed by atoms with Crippen LogP contribution in [0.3, 0.4) is 0 Å². The Labute approximate surface area is 136 Å². The lowest BCUT2D eigenvalue weighted by Gasteiger charge is -2.10. The maximum atomic E-state index is 12.3. The number of hydrogen-bond acceptors (Lipinski definition) is 4. The van der Waals surface area contributed by atoms with Crippen LogP contribution in [0.1, 0.15) is 22.2 Å². The summed E-state index contributed by atoms with van der Waals surface area (Å²) >= 11 is 4.74. The quantitative estimate of drug-likeness (QED) is 0.813. The van der Waals surface area contributed by atoms with E-state index >= 15 is 0 Å². The maximum absolute atomic E-state index is 12.3. The Balaban J connectivity index is 2.15. The van der Waals surface area contributed by atoms with Crippen LogP contribution in [0.2, 0.25) is 0 Å². The van der Waals surface area contributed by atoms with Crippen LogP contribution in [-0.4, -0.2) is 19.6 Å². The topological polar surface area (TPSA) is 50.4 Å². The van der Waals surface area contributed by atoms with Crippen LogP contribution in [0, 0.1) is 0 Å². The summed E-state index contributed by atoms with van der Waals surface area (Å²) in [6.07, 6.45) is 0. The second kappa shape index (κ2) is 7.59. The number of hydrogen-bond donors (Lipinski definition) is 2. The van der Waals surface area contributed by atoms with Gasteiger partial charge in [-0.05, 0) is 34.1 Å². The molecular formula is C15H17BrN2O2S. The molecule has 21 heavy (non-hydrogen) atoms. The summed E-state index contributed by atoms with van der Waals surface area (Å²) in [4.78, 5) is 12.9. The molecule has 4 nitrogen and oxygen atoms in total. The molecule has 0 aliphatic rings. The van der Waals surface area contributed by atoms with Gasteiger partial charge >= 0.3 is 0 Å². The van der Waals surface area contributed by atoms with Gasteiger partial charge < -0.3 is 15.4 Å². The third-order valence-corrected chi connectivity index (χ3v) is 4.71. The van der Waals surface area contributed by atoms with Gasteiger partial charge in [0.2, 0.25) is 0 Å². The predicted octanol–water partition coefficient (Wildman–Crippen LogP) is 3.88. The second-order valence-electron chi connectivity index (χ2n) is 4.34. The van der Waals surface area contributed by atoms with E-state index in [9.17, 15) is 4.79 Å². The van der Waals surface area contributed by atoms with Gasteiger partial charge in [-0.25, -0.2) is 0 Å². The van der Waals surface area contributed by atoms with Crippen molar-refractivity contribution in [3.63, 3.8) is 0 Å². The summed E-state index contributed by atoms with van der Waals surface area (Å²) in [6, 6.07) is 9.52. The lowest BCUT2D eigenvalue weighted by molar-refractivity contribution is 0.103. The highest BCUT2D eigenvalue weighted by Crippen LogP contribution is 2.34. The van der Waals surface area contributed by atoms with Crippen molar-refractivity contribution in [3.05, 3.63) is 44.6 Å². The summed E-state index contributed by atoms with van der Waals surface area (Å²) in [6.45, 7) is 3.67. The number of nitrogens with one attached hydrogen (secondary N) is 2. The maximum Gasteiger partial charge on any atom is 0.265 e. The molecular weight excluding hydrogens is 352 g/mol. The van der Waals surface area contributed by atoms with Crippen LogP contribution >= 0.6 is 27.3 Å². The van der Waals surface area contributed by atoms with E-state index in [0.717, 1.165) is 28.1 Å². The van der Waals surface area contributed by atoms with E-state index in [0.29, 0.717) is 10.6 Å². The Morgan fingerprint density at radius 1 is 1.38 bits per heavy atom. The molecule has 112 valence electrons. The van der Waals surface area contributed by atoms with Crippen LogP contribution < -0.4 is 15.4 Å². The zero-order valence-electron chi connectivity index (χ0n) is 11.9. The number of carbonyl (C=O) groups excluding carboxylic acids is 1. The number of carbonyl (C=O) groups is 1. The van der Waals surface area contributed by atoms with Gasteiger partial charge in [0.05, 0.1) is 12.0 Å². The van der Waals surface area contributed by atoms with Crippen LogP contribution in [-0.2, 0) is 6.54 Å². The molecule has 0 radical (unpaired) electrons. The minimum absolute atomic E-state index is 0.132. The number of benzene rings is 1. The van der Waals surface area contributed by atoms with Gasteiger partial charge in [0.1, 0.15) is 9.54 Å². The molecule has 0 saturated heterocycles. The zero-order valence-corrected chi connectivity index (χ0v) is 14.3. The lowest BCUT2D eigenvalue weighted by Crippen LogP contribution is -2.16. The van der Waals surface area contributed by atoms with Crippen molar-refractivity contribution >= 4 is 38.9 Å². The molecule has 1 aromatic carbocycles. The van der Waals surface area contributed by atoms with Gasteiger partial charge in [-0.1, -0.05) is 25.1 Å². The highest BCUT2D eigenvalue weighted by molar-refractivity contribution is 9.11. The summed E-state index contributed by atoms with van der Waals surface area (Å²) in [5.74, 6) is 0.541. The lowest BCUT2D eigenvalue weighted by atomic mass is 10.1. The second-order valence-corrected chi connectivity index (χ2v) is 6.71. The normalized spacial score (nSPS) is 10.4. The van der Waals surface area contributed by atoms with Gasteiger partial charge in [-0.3, -0.25) is 4.79 Å². The first-order valence-corrected chi connectivity index (χ1v) is 8.20. The largest absolute Gasteiger partial charge is 0.495 e. The fourth-order valence-electron chi connectivity index (χ4n) is 1.84. The molecule has 0 saturated carbocycles. The number of para-hydroxylation sites is 1. The molecule has 0 spiro atoms. The van der Waals surface area contributed by atoms with Crippen molar-refractivity contribution in [2.45, 2.75) is 13.5 Å². The fraction of sp³-hybridized carbons (Fsp3) is 0.267. The summed E-state index contributed by atoms with van der Waals surface area (Å²) < 4.78 is 5.99. The molecule has 1 amide bonds. The molecule has 1 aromatic heterocycles. The van der Waals surface area contributed by atoms with Gasteiger partial charge in [0, 0.05) is 18.3 Å². The Morgan fingerprint density at radius 2 is 2.14 bits per heavy atom. The SMILES string of the molecule is CCNCc1ccccc1NC(=O)c1cc(OC)c(Br)s1. The number of thiophene rings is 1. The van der Waals surface area contributed by atoms with E-state index < -0.39 is 0 Å². The standard InChI is InChI=1S/C15H17BrN2O2S/c1-3-17-9-10-6-4-5-7-11(10)18-15(19)13-8-12(20-2)14(16)21-13/h4-8,17H,3,9H2,1-2H3,(H,18,19). The van der Waals surface area contributed by atoms with Gasteiger partial charge in [-0.15, -0.1) is 11.3 Å². The van der Waals surface area contributed by atoms with E-state index in [1.165, 1.54) is 11.3 Å². The van der Waals surface area contributed by atoms with Crippen molar-refractivity contribution < 1.29 is 9.53 Å². The van der Waals surface area contributed by atoms with Crippen LogP contribution in [0.15, 0.2) is 34.1 Å². The molecule has 0 aliphatic carbocycles. The molecule has 2 aromatic rings. The number of rotatable bonds is 6. The monoisotopic (exact) mass is 368 g/mol. The van der Waals surface area contributed by atoms with Gasteiger partial charge in [0.15, 0.2) is 0 Å². The Kier molecular flexibility index (Phi) is 5.78. The highest BCUT2D eigenvalue weighted by Gasteiger charge is 2.15. The van der Waals surface area contributed by atoms with Crippen LogP contribution in [0.4, 0.5) is 5.69 Å². The third-order valence-electron chi connectivity index (χ3n) is 2.93. The van der Waals surface area contributed by atoms with E-state index in [1.54, 1.807) is 13.2 Å². The van der Waals surface area contributed by atoms with Crippen molar-refractivity contribution in [1.29, 1.82) is 0 Å².